The average Bonchev–Trinajstić information content (AvgIpc) is 3.20. The lowest BCUT2D eigenvalue weighted by molar-refractivity contribution is -0.155. The Kier molecular flexibility index (Phi) is 7.12. The van der Waals surface area contributed by atoms with Crippen molar-refractivity contribution in [2.24, 2.45) is 0 Å². The highest BCUT2D eigenvalue weighted by molar-refractivity contribution is 5.95. The minimum Gasteiger partial charge on any atom is -0.493 e. The zero-order valence-corrected chi connectivity index (χ0v) is 17.4. The molecule has 6 nitrogen and oxygen atoms in total. The smallest absolute Gasteiger partial charge is 0.344 e. The Hall–Kier alpha value is -3.28. The van der Waals surface area contributed by atoms with E-state index in [9.17, 15) is 9.59 Å². The summed E-state index contributed by atoms with van der Waals surface area (Å²) in [6, 6.07) is 11.3. The summed E-state index contributed by atoms with van der Waals surface area (Å²) in [5, 5.41) is 2.80. The molecule has 1 N–H and O–H groups in total. The Morgan fingerprint density at radius 3 is 2.70 bits per heavy atom. The molecule has 0 aliphatic heterocycles. The summed E-state index contributed by atoms with van der Waals surface area (Å²) in [4.78, 5) is 24.5. The SMILES string of the molecule is C=CCc1ccc(OCC(=O)O[C@H](C)C(=O)Nc2ccc3c(c2)CCC3)c(OC)c1. The molecular weight excluding hydrogens is 382 g/mol. The monoisotopic (exact) mass is 409 g/mol. The van der Waals surface area contributed by atoms with Crippen molar-refractivity contribution in [3.8, 4) is 11.5 Å². The van der Waals surface area contributed by atoms with Crippen LogP contribution in [0.15, 0.2) is 49.1 Å². The topological polar surface area (TPSA) is 73.9 Å². The number of ether oxygens (including phenoxy) is 3. The summed E-state index contributed by atoms with van der Waals surface area (Å²) < 4.78 is 16.0. The Bertz CT molecular complexity index is 937. The Morgan fingerprint density at radius 2 is 1.93 bits per heavy atom. The molecule has 1 aliphatic rings. The van der Waals surface area contributed by atoms with E-state index in [0.717, 1.165) is 24.8 Å². The number of amides is 1. The number of hydrogen-bond donors (Lipinski definition) is 1. The molecule has 2 aromatic rings. The van der Waals surface area contributed by atoms with Crippen molar-refractivity contribution < 1.29 is 23.8 Å². The van der Waals surface area contributed by atoms with E-state index in [-0.39, 0.29) is 12.5 Å². The summed E-state index contributed by atoms with van der Waals surface area (Å²) in [6.07, 6.45) is 4.81. The molecule has 2 aromatic carbocycles. The highest BCUT2D eigenvalue weighted by atomic mass is 16.6. The van der Waals surface area contributed by atoms with Gasteiger partial charge in [0.25, 0.3) is 5.91 Å². The van der Waals surface area contributed by atoms with E-state index in [0.29, 0.717) is 23.6 Å². The number of methoxy groups -OCH3 is 1. The molecule has 0 saturated heterocycles. The summed E-state index contributed by atoms with van der Waals surface area (Å²) in [5.41, 5.74) is 4.33. The first-order valence-corrected chi connectivity index (χ1v) is 10.0. The Morgan fingerprint density at radius 1 is 1.13 bits per heavy atom. The largest absolute Gasteiger partial charge is 0.493 e. The lowest BCUT2D eigenvalue weighted by atomic mass is 10.1. The van der Waals surface area contributed by atoms with Gasteiger partial charge in [-0.25, -0.2) is 4.79 Å². The zero-order valence-electron chi connectivity index (χ0n) is 17.4. The predicted octanol–water partition coefficient (Wildman–Crippen LogP) is 3.86. The van der Waals surface area contributed by atoms with Crippen LogP contribution in [0.4, 0.5) is 5.69 Å². The van der Waals surface area contributed by atoms with Crippen LogP contribution in [0.3, 0.4) is 0 Å². The van der Waals surface area contributed by atoms with Crippen molar-refractivity contribution in [2.75, 3.05) is 19.0 Å². The van der Waals surface area contributed by atoms with Crippen LogP contribution in [-0.4, -0.2) is 31.7 Å². The maximum Gasteiger partial charge on any atom is 0.344 e. The fraction of sp³-hybridized carbons (Fsp3) is 0.333. The minimum atomic E-state index is -0.939. The van der Waals surface area contributed by atoms with E-state index >= 15 is 0 Å². The second kappa shape index (κ2) is 9.96. The number of nitrogens with one attached hydrogen (secondary N) is 1. The van der Waals surface area contributed by atoms with E-state index in [1.807, 2.05) is 30.3 Å². The molecule has 30 heavy (non-hydrogen) atoms. The molecule has 0 heterocycles. The molecule has 0 spiro atoms. The molecule has 3 rings (SSSR count). The Balaban J connectivity index is 1.50. The summed E-state index contributed by atoms with van der Waals surface area (Å²) in [7, 11) is 1.53. The minimum absolute atomic E-state index is 0.326. The first-order valence-electron chi connectivity index (χ1n) is 10.0. The second-order valence-electron chi connectivity index (χ2n) is 7.23. The van der Waals surface area contributed by atoms with E-state index in [1.165, 1.54) is 25.2 Å². The highest BCUT2D eigenvalue weighted by Gasteiger charge is 2.20. The van der Waals surface area contributed by atoms with Gasteiger partial charge in [-0.1, -0.05) is 18.2 Å². The van der Waals surface area contributed by atoms with Crippen LogP contribution in [0.2, 0.25) is 0 Å². The number of carbonyl (C=O) groups excluding carboxylic acids is 2. The van der Waals surface area contributed by atoms with Crippen LogP contribution < -0.4 is 14.8 Å². The number of hydrogen-bond acceptors (Lipinski definition) is 5. The van der Waals surface area contributed by atoms with Gasteiger partial charge >= 0.3 is 5.97 Å². The number of allylic oxidation sites excluding steroid dienone is 1. The number of benzene rings is 2. The third kappa shape index (κ3) is 5.41. The van der Waals surface area contributed by atoms with Crippen LogP contribution in [0.5, 0.6) is 11.5 Å². The first kappa shape index (κ1) is 21.4. The zero-order chi connectivity index (χ0) is 21.5. The predicted molar refractivity (Wildman–Crippen MR) is 115 cm³/mol. The second-order valence-corrected chi connectivity index (χ2v) is 7.23. The molecule has 1 atom stereocenters. The van der Waals surface area contributed by atoms with Crippen LogP contribution in [0.25, 0.3) is 0 Å². The molecule has 158 valence electrons. The molecule has 0 saturated carbocycles. The van der Waals surface area contributed by atoms with Crippen molar-refractivity contribution in [3.63, 3.8) is 0 Å². The third-order valence-electron chi connectivity index (χ3n) is 5.00. The van der Waals surface area contributed by atoms with Crippen LogP contribution in [-0.2, 0) is 33.6 Å². The highest BCUT2D eigenvalue weighted by Crippen LogP contribution is 2.28. The van der Waals surface area contributed by atoms with Gasteiger partial charge in [0, 0.05) is 5.69 Å². The van der Waals surface area contributed by atoms with Gasteiger partial charge in [0.2, 0.25) is 0 Å². The van der Waals surface area contributed by atoms with Crippen molar-refractivity contribution in [3.05, 3.63) is 65.7 Å². The normalized spacial score (nSPS) is 13.1. The maximum absolute atomic E-state index is 12.4. The number of rotatable bonds is 9. The summed E-state index contributed by atoms with van der Waals surface area (Å²) in [5.74, 6) is -0.0708. The van der Waals surface area contributed by atoms with Crippen LogP contribution in [0.1, 0.15) is 30.0 Å². The van der Waals surface area contributed by atoms with E-state index < -0.39 is 12.1 Å². The van der Waals surface area contributed by atoms with Crippen LogP contribution >= 0.6 is 0 Å². The number of fused-ring (bicyclic) bond motifs is 1. The lowest BCUT2D eigenvalue weighted by Gasteiger charge is -2.15. The number of carbonyl (C=O) groups is 2. The molecular formula is C24H27NO5. The van der Waals surface area contributed by atoms with Gasteiger partial charge < -0.3 is 19.5 Å². The van der Waals surface area contributed by atoms with Crippen LogP contribution in [0, 0.1) is 0 Å². The van der Waals surface area contributed by atoms with Crippen molar-refractivity contribution >= 4 is 17.6 Å². The average molecular weight is 409 g/mol. The van der Waals surface area contributed by atoms with E-state index in [2.05, 4.69) is 11.9 Å². The number of esters is 1. The van der Waals surface area contributed by atoms with E-state index in [1.54, 1.807) is 12.1 Å². The molecule has 6 heteroatoms. The first-order chi connectivity index (χ1) is 14.5. The molecule has 0 unspecified atom stereocenters. The Labute approximate surface area is 176 Å². The van der Waals surface area contributed by atoms with Gasteiger partial charge in [0.15, 0.2) is 24.2 Å². The molecule has 0 fully saturated rings. The van der Waals surface area contributed by atoms with Gasteiger partial charge in [0.1, 0.15) is 0 Å². The molecule has 1 amide bonds. The summed E-state index contributed by atoms with van der Waals surface area (Å²) >= 11 is 0. The van der Waals surface area contributed by atoms with Crippen molar-refractivity contribution in [1.82, 2.24) is 0 Å². The van der Waals surface area contributed by atoms with Gasteiger partial charge in [-0.15, -0.1) is 6.58 Å². The molecule has 1 aliphatic carbocycles. The van der Waals surface area contributed by atoms with Gasteiger partial charge in [-0.3, -0.25) is 4.79 Å². The molecule has 0 aromatic heterocycles. The van der Waals surface area contributed by atoms with Crippen molar-refractivity contribution in [1.29, 1.82) is 0 Å². The number of anilines is 1. The fourth-order valence-corrected chi connectivity index (χ4v) is 3.44. The van der Waals surface area contributed by atoms with Gasteiger partial charge in [-0.2, -0.15) is 0 Å². The summed E-state index contributed by atoms with van der Waals surface area (Å²) in [6.45, 7) is 4.92. The number of aryl methyl sites for hydroxylation is 2. The van der Waals surface area contributed by atoms with Gasteiger partial charge in [0.05, 0.1) is 7.11 Å². The fourth-order valence-electron chi connectivity index (χ4n) is 3.44. The van der Waals surface area contributed by atoms with E-state index in [4.69, 9.17) is 14.2 Å². The third-order valence-corrected chi connectivity index (χ3v) is 5.00. The molecule has 0 radical (unpaired) electrons. The lowest BCUT2D eigenvalue weighted by Crippen LogP contribution is -2.31. The maximum atomic E-state index is 12.4. The quantitative estimate of drug-likeness (QED) is 0.503. The van der Waals surface area contributed by atoms with Gasteiger partial charge in [-0.05, 0) is 73.6 Å². The molecule has 0 bridgehead atoms. The van der Waals surface area contributed by atoms with Crippen molar-refractivity contribution in [2.45, 2.75) is 38.7 Å². The standard InChI is InChI=1S/C24H27NO5/c1-4-6-17-9-12-21(22(13-17)28-3)29-15-23(26)30-16(2)24(27)25-20-11-10-18-7-5-8-19(18)14-20/h4,9-14,16H,1,5-8,15H2,2-3H3,(H,25,27)/t16-/m1/s1.